The van der Waals surface area contributed by atoms with Gasteiger partial charge >= 0.3 is 0 Å². The highest BCUT2D eigenvalue weighted by Crippen LogP contribution is 2.43. The van der Waals surface area contributed by atoms with Crippen molar-refractivity contribution in [2.75, 3.05) is 6.54 Å². The predicted molar refractivity (Wildman–Crippen MR) is 46.6 cm³/mol. The first kappa shape index (κ1) is 7.14. The molecule has 0 amide bonds. The first-order chi connectivity index (χ1) is 5.17. The molecule has 1 saturated carbocycles. The van der Waals surface area contributed by atoms with E-state index >= 15 is 0 Å². The lowest BCUT2D eigenvalue weighted by molar-refractivity contribution is 0.0343. The van der Waals surface area contributed by atoms with Crippen LogP contribution in [0, 0.1) is 5.41 Å². The molecule has 1 fully saturated rings. The molecule has 1 heterocycles. The van der Waals surface area contributed by atoms with E-state index in [-0.39, 0.29) is 0 Å². The molecule has 0 spiro atoms. The van der Waals surface area contributed by atoms with Crippen LogP contribution in [0.3, 0.4) is 0 Å². The summed E-state index contributed by atoms with van der Waals surface area (Å²) in [6, 6.07) is 0.753. The summed E-state index contributed by atoms with van der Waals surface area (Å²) in [6.07, 6.45) is 5.83. The Labute approximate surface area is 68.3 Å². The summed E-state index contributed by atoms with van der Waals surface area (Å²) in [5.41, 5.74) is 0.586. The summed E-state index contributed by atoms with van der Waals surface area (Å²) in [7, 11) is 0. The van der Waals surface area contributed by atoms with E-state index < -0.39 is 0 Å². The first-order valence-corrected chi connectivity index (χ1v) is 4.46. The number of rotatable bonds is 1. The fraction of sp³-hybridized carbons (Fsp3) is 0.889. The Morgan fingerprint density at radius 1 is 1.45 bits per heavy atom. The van der Waals surface area contributed by atoms with Gasteiger partial charge in [0.15, 0.2) is 0 Å². The summed E-state index contributed by atoms with van der Waals surface area (Å²) in [4.78, 5) is 0. The lowest BCUT2D eigenvalue weighted by Crippen LogP contribution is -2.45. The van der Waals surface area contributed by atoms with Crippen LogP contribution in [0.1, 0.15) is 33.1 Å². The molecule has 0 saturated heterocycles. The maximum absolute atomic E-state index is 4.33. The molecule has 0 N–H and O–H groups in total. The Bertz CT molecular complexity index is 176. The zero-order chi connectivity index (χ0) is 7.90. The molecular weight excluding hydrogens is 136 g/mol. The van der Waals surface area contributed by atoms with Gasteiger partial charge in [-0.1, -0.05) is 13.8 Å². The molecule has 1 aliphatic heterocycles. The topological polar surface area (TPSA) is 15.6 Å². The minimum absolute atomic E-state index is 0.586. The standard InChI is InChI=1S/C9H16N2/c1-9(2)6-8(7-9)11-5-3-4-10-11/h4,8H,3,5-7H2,1-2H3. The highest BCUT2D eigenvalue weighted by molar-refractivity contribution is 5.58. The molecule has 0 atom stereocenters. The Balaban J connectivity index is 1.86. The molecule has 0 radical (unpaired) electrons. The van der Waals surface area contributed by atoms with Crippen LogP contribution in [-0.2, 0) is 0 Å². The van der Waals surface area contributed by atoms with Crippen LogP contribution in [0.5, 0.6) is 0 Å². The van der Waals surface area contributed by atoms with E-state index in [1.807, 2.05) is 6.21 Å². The lowest BCUT2D eigenvalue weighted by Gasteiger charge is -2.46. The minimum Gasteiger partial charge on any atom is -0.294 e. The van der Waals surface area contributed by atoms with E-state index in [2.05, 4.69) is 24.0 Å². The predicted octanol–water partition coefficient (Wildman–Crippen LogP) is 1.87. The third-order valence-corrected chi connectivity index (χ3v) is 2.72. The van der Waals surface area contributed by atoms with Crippen LogP contribution in [0.25, 0.3) is 0 Å². The van der Waals surface area contributed by atoms with E-state index in [9.17, 15) is 0 Å². The van der Waals surface area contributed by atoms with Crippen molar-refractivity contribution in [1.29, 1.82) is 0 Å². The summed E-state index contributed by atoms with van der Waals surface area (Å²) in [6.45, 7) is 5.83. The maximum atomic E-state index is 4.33. The molecule has 2 aliphatic rings. The van der Waals surface area contributed by atoms with Crippen molar-refractivity contribution in [2.45, 2.75) is 39.2 Å². The van der Waals surface area contributed by atoms with Gasteiger partial charge in [0.05, 0.1) is 0 Å². The van der Waals surface area contributed by atoms with E-state index in [0.29, 0.717) is 5.41 Å². The van der Waals surface area contributed by atoms with E-state index in [1.54, 1.807) is 0 Å². The SMILES string of the molecule is CC1(C)CC(N2CCC=N2)C1. The van der Waals surface area contributed by atoms with Crippen molar-refractivity contribution < 1.29 is 0 Å². The molecule has 62 valence electrons. The van der Waals surface area contributed by atoms with Gasteiger partial charge in [-0.3, -0.25) is 5.01 Å². The van der Waals surface area contributed by atoms with Crippen LogP contribution < -0.4 is 0 Å². The molecule has 0 unspecified atom stereocenters. The average Bonchev–Trinajstić information content (AvgIpc) is 2.32. The van der Waals surface area contributed by atoms with Gasteiger partial charge in [0.1, 0.15) is 0 Å². The summed E-state index contributed by atoms with van der Waals surface area (Å²) >= 11 is 0. The summed E-state index contributed by atoms with van der Waals surface area (Å²) in [5, 5.41) is 6.59. The van der Waals surface area contributed by atoms with Crippen molar-refractivity contribution >= 4 is 6.21 Å². The average molecular weight is 152 g/mol. The molecule has 0 aromatic heterocycles. The van der Waals surface area contributed by atoms with Crippen LogP contribution in [0.15, 0.2) is 5.10 Å². The Kier molecular flexibility index (Phi) is 1.44. The summed E-state index contributed by atoms with van der Waals surface area (Å²) in [5.74, 6) is 0. The van der Waals surface area contributed by atoms with E-state index in [0.717, 1.165) is 19.0 Å². The van der Waals surface area contributed by atoms with Crippen molar-refractivity contribution in [1.82, 2.24) is 5.01 Å². The van der Waals surface area contributed by atoms with Crippen LogP contribution >= 0.6 is 0 Å². The largest absolute Gasteiger partial charge is 0.294 e. The molecule has 11 heavy (non-hydrogen) atoms. The van der Waals surface area contributed by atoms with Crippen molar-refractivity contribution in [3.63, 3.8) is 0 Å². The molecule has 0 bridgehead atoms. The van der Waals surface area contributed by atoms with Gasteiger partial charge in [-0.05, 0) is 18.3 Å². The molecule has 2 nitrogen and oxygen atoms in total. The Hall–Kier alpha value is -0.530. The van der Waals surface area contributed by atoms with Gasteiger partial charge in [-0.15, -0.1) is 0 Å². The van der Waals surface area contributed by atoms with Crippen molar-refractivity contribution in [3.05, 3.63) is 0 Å². The fourth-order valence-electron chi connectivity index (χ4n) is 2.11. The number of hydrazone groups is 1. The highest BCUT2D eigenvalue weighted by Gasteiger charge is 2.39. The van der Waals surface area contributed by atoms with Crippen LogP contribution in [0.4, 0.5) is 0 Å². The third-order valence-electron chi connectivity index (χ3n) is 2.72. The second-order valence-corrected chi connectivity index (χ2v) is 4.48. The molecule has 0 aromatic rings. The van der Waals surface area contributed by atoms with Gasteiger partial charge in [-0.25, -0.2) is 0 Å². The van der Waals surface area contributed by atoms with Crippen LogP contribution in [-0.4, -0.2) is 23.8 Å². The van der Waals surface area contributed by atoms with Crippen molar-refractivity contribution in [3.8, 4) is 0 Å². The molecule has 1 aliphatic carbocycles. The molecule has 2 rings (SSSR count). The Morgan fingerprint density at radius 3 is 2.64 bits per heavy atom. The normalized spacial score (nSPS) is 29.1. The van der Waals surface area contributed by atoms with Crippen molar-refractivity contribution in [2.24, 2.45) is 10.5 Å². The zero-order valence-electron chi connectivity index (χ0n) is 7.38. The third kappa shape index (κ3) is 1.26. The maximum Gasteiger partial charge on any atom is 0.0480 e. The lowest BCUT2D eigenvalue weighted by atomic mass is 9.68. The monoisotopic (exact) mass is 152 g/mol. The summed E-state index contributed by atoms with van der Waals surface area (Å²) < 4.78 is 0. The first-order valence-electron chi connectivity index (χ1n) is 4.46. The molecular formula is C9H16N2. The quantitative estimate of drug-likeness (QED) is 0.560. The highest BCUT2D eigenvalue weighted by atomic mass is 15.5. The minimum atomic E-state index is 0.586. The number of hydrogen-bond acceptors (Lipinski definition) is 2. The second-order valence-electron chi connectivity index (χ2n) is 4.48. The second kappa shape index (κ2) is 2.23. The van der Waals surface area contributed by atoms with Gasteiger partial charge in [0, 0.05) is 25.2 Å². The number of nitrogens with zero attached hydrogens (tertiary/aromatic N) is 2. The number of hydrogen-bond donors (Lipinski definition) is 0. The van der Waals surface area contributed by atoms with Gasteiger partial charge in [-0.2, -0.15) is 5.10 Å². The van der Waals surface area contributed by atoms with E-state index in [4.69, 9.17) is 0 Å². The Morgan fingerprint density at radius 2 is 2.18 bits per heavy atom. The molecule has 2 heteroatoms. The zero-order valence-corrected chi connectivity index (χ0v) is 7.38. The van der Waals surface area contributed by atoms with Crippen LogP contribution in [0.2, 0.25) is 0 Å². The fourth-order valence-corrected chi connectivity index (χ4v) is 2.11. The van der Waals surface area contributed by atoms with Gasteiger partial charge in [0.2, 0.25) is 0 Å². The van der Waals surface area contributed by atoms with E-state index in [1.165, 1.54) is 12.8 Å². The van der Waals surface area contributed by atoms with Gasteiger partial charge < -0.3 is 0 Å². The van der Waals surface area contributed by atoms with Gasteiger partial charge in [0.25, 0.3) is 0 Å². The molecule has 0 aromatic carbocycles. The smallest absolute Gasteiger partial charge is 0.0480 e.